The fourth-order valence-corrected chi connectivity index (χ4v) is 3.96. The maximum atomic E-state index is 13.0. The van der Waals surface area contributed by atoms with Crippen molar-refractivity contribution >= 4 is 5.91 Å². The normalized spacial score (nSPS) is 15.7. The first-order valence-electron chi connectivity index (χ1n) is 10.4. The zero-order chi connectivity index (χ0) is 21.1. The van der Waals surface area contributed by atoms with Gasteiger partial charge in [-0.25, -0.2) is 4.98 Å². The van der Waals surface area contributed by atoms with Gasteiger partial charge in [-0.05, 0) is 44.4 Å². The van der Waals surface area contributed by atoms with Crippen LogP contribution >= 0.6 is 0 Å². The molecule has 0 aliphatic carbocycles. The number of nitrogens with one attached hydrogen (secondary N) is 1. The monoisotopic (exact) mass is 402 g/mol. The average Bonchev–Trinajstić information content (AvgIpc) is 2.79. The van der Waals surface area contributed by atoms with Gasteiger partial charge in [0.2, 0.25) is 5.91 Å². The second-order valence-electron chi connectivity index (χ2n) is 7.96. The third-order valence-corrected chi connectivity index (χ3v) is 5.83. The zero-order valence-corrected chi connectivity index (χ0v) is 17.3. The minimum Gasteiger partial charge on any atom is -0.342 e. The van der Waals surface area contributed by atoms with Crippen LogP contribution in [0.3, 0.4) is 0 Å². The maximum Gasteiger partial charge on any atom is 0.251 e. The molecule has 0 spiro atoms. The second kappa shape index (κ2) is 8.61. The lowest BCUT2D eigenvalue weighted by atomic mass is 9.93. The molecule has 1 atom stereocenters. The number of piperidine rings is 1. The third-order valence-electron chi connectivity index (χ3n) is 5.83. The number of rotatable bonds is 4. The van der Waals surface area contributed by atoms with Gasteiger partial charge in [-0.1, -0.05) is 35.9 Å². The molecule has 1 N–H and O–H groups in total. The molecule has 30 heavy (non-hydrogen) atoms. The lowest BCUT2D eigenvalue weighted by molar-refractivity contribution is -0.133. The van der Waals surface area contributed by atoms with Gasteiger partial charge in [0, 0.05) is 31.3 Å². The van der Waals surface area contributed by atoms with E-state index in [4.69, 9.17) is 0 Å². The summed E-state index contributed by atoms with van der Waals surface area (Å²) in [7, 11) is 0. The van der Waals surface area contributed by atoms with Crippen LogP contribution in [0, 0.1) is 6.92 Å². The highest BCUT2D eigenvalue weighted by Crippen LogP contribution is 2.28. The second-order valence-corrected chi connectivity index (χ2v) is 7.96. The van der Waals surface area contributed by atoms with E-state index in [9.17, 15) is 9.59 Å². The van der Waals surface area contributed by atoms with Gasteiger partial charge in [0.1, 0.15) is 5.82 Å². The number of hydrogen-bond donors (Lipinski definition) is 1. The molecule has 154 valence electrons. The molecule has 2 aromatic heterocycles. The molecule has 4 rings (SSSR count). The van der Waals surface area contributed by atoms with Crippen LogP contribution < -0.4 is 5.56 Å². The van der Waals surface area contributed by atoms with Crippen molar-refractivity contribution in [1.82, 2.24) is 19.9 Å². The number of pyridine rings is 1. The predicted molar refractivity (Wildman–Crippen MR) is 116 cm³/mol. The van der Waals surface area contributed by atoms with Gasteiger partial charge >= 0.3 is 0 Å². The number of amides is 1. The minimum absolute atomic E-state index is 0.125. The van der Waals surface area contributed by atoms with Gasteiger partial charge in [0.25, 0.3) is 5.56 Å². The molecule has 1 aliphatic rings. The summed E-state index contributed by atoms with van der Waals surface area (Å²) in [5, 5.41) is 0. The van der Waals surface area contributed by atoms with Crippen LogP contribution in [-0.4, -0.2) is 38.8 Å². The molecule has 1 fully saturated rings. The first kappa shape index (κ1) is 20.0. The van der Waals surface area contributed by atoms with Crippen molar-refractivity contribution in [1.29, 1.82) is 0 Å². The lowest BCUT2D eigenvalue weighted by Gasteiger charge is -2.33. The minimum atomic E-state index is -0.174. The first-order chi connectivity index (χ1) is 14.5. The van der Waals surface area contributed by atoms with Crippen LogP contribution in [0.4, 0.5) is 0 Å². The number of carbonyl (C=O) groups is 1. The van der Waals surface area contributed by atoms with Crippen LogP contribution in [0.2, 0.25) is 0 Å². The summed E-state index contributed by atoms with van der Waals surface area (Å²) in [5.41, 5.74) is 3.33. The Balaban J connectivity index is 1.44. The Bertz CT molecular complexity index is 1070. The molecule has 1 aromatic carbocycles. The molecule has 6 heteroatoms. The van der Waals surface area contributed by atoms with Crippen molar-refractivity contribution < 1.29 is 4.79 Å². The SMILES string of the molecule is Cc1ccc(C(C)C(=O)N2CCC(c3nc(-c4ccccn4)cc(=O)[nH]3)CC2)cc1. The number of H-pyrrole nitrogens is 1. The number of hydrogen-bond acceptors (Lipinski definition) is 4. The molecule has 3 aromatic rings. The number of benzene rings is 1. The molecule has 1 amide bonds. The number of aryl methyl sites for hydroxylation is 1. The summed E-state index contributed by atoms with van der Waals surface area (Å²) < 4.78 is 0. The summed E-state index contributed by atoms with van der Waals surface area (Å²) in [5.74, 6) is 0.801. The van der Waals surface area contributed by atoms with E-state index in [1.54, 1.807) is 6.20 Å². The maximum absolute atomic E-state index is 13.0. The Kier molecular flexibility index (Phi) is 5.74. The van der Waals surface area contributed by atoms with E-state index in [2.05, 4.69) is 15.0 Å². The van der Waals surface area contributed by atoms with Crippen molar-refractivity contribution in [3.8, 4) is 11.4 Å². The lowest BCUT2D eigenvalue weighted by Crippen LogP contribution is -2.40. The van der Waals surface area contributed by atoms with Crippen molar-refractivity contribution in [2.24, 2.45) is 0 Å². The van der Waals surface area contributed by atoms with Gasteiger partial charge in [0.15, 0.2) is 0 Å². The third kappa shape index (κ3) is 4.32. The van der Waals surface area contributed by atoms with E-state index in [-0.39, 0.29) is 23.3 Å². The molecular formula is C24H26N4O2. The van der Waals surface area contributed by atoms with Gasteiger partial charge in [-0.3, -0.25) is 14.6 Å². The van der Waals surface area contributed by atoms with E-state index in [1.165, 1.54) is 11.6 Å². The molecule has 1 unspecified atom stereocenters. The first-order valence-corrected chi connectivity index (χ1v) is 10.4. The van der Waals surface area contributed by atoms with Crippen LogP contribution in [0.25, 0.3) is 11.4 Å². The quantitative estimate of drug-likeness (QED) is 0.722. The highest BCUT2D eigenvalue weighted by atomic mass is 16.2. The Hall–Kier alpha value is -3.28. The van der Waals surface area contributed by atoms with Gasteiger partial charge < -0.3 is 9.88 Å². The molecular weight excluding hydrogens is 376 g/mol. The summed E-state index contributed by atoms with van der Waals surface area (Å²) in [6.45, 7) is 5.34. The summed E-state index contributed by atoms with van der Waals surface area (Å²) in [6, 6.07) is 15.2. The Morgan fingerprint density at radius 1 is 1.10 bits per heavy atom. The molecule has 0 bridgehead atoms. The molecule has 1 aliphatic heterocycles. The Morgan fingerprint density at radius 3 is 2.50 bits per heavy atom. The van der Waals surface area contributed by atoms with Crippen molar-refractivity contribution in [2.75, 3.05) is 13.1 Å². The van der Waals surface area contributed by atoms with Crippen LogP contribution in [0.1, 0.15) is 48.6 Å². The summed E-state index contributed by atoms with van der Waals surface area (Å²) in [4.78, 5) is 38.9. The van der Waals surface area contributed by atoms with E-state index < -0.39 is 0 Å². The predicted octanol–water partition coefficient (Wildman–Crippen LogP) is 3.65. The van der Waals surface area contributed by atoms with Crippen molar-refractivity contribution in [3.63, 3.8) is 0 Å². The molecule has 0 radical (unpaired) electrons. The molecule has 6 nitrogen and oxygen atoms in total. The topological polar surface area (TPSA) is 79.0 Å². The standard InChI is InChI=1S/C24H26N4O2/c1-16-6-8-18(9-7-16)17(2)24(30)28-13-10-19(11-14-28)23-26-21(15-22(29)27-23)20-5-3-4-12-25-20/h3-9,12,15,17,19H,10-11,13-14H2,1-2H3,(H,26,27,29). The highest BCUT2D eigenvalue weighted by molar-refractivity contribution is 5.83. The fourth-order valence-electron chi connectivity index (χ4n) is 3.96. The van der Waals surface area contributed by atoms with Crippen LogP contribution in [0.5, 0.6) is 0 Å². The number of nitrogens with zero attached hydrogens (tertiary/aromatic N) is 3. The number of aromatic amines is 1. The van der Waals surface area contributed by atoms with Gasteiger partial charge in [0.05, 0.1) is 17.3 Å². The van der Waals surface area contributed by atoms with Crippen molar-refractivity contribution in [2.45, 2.75) is 38.5 Å². The Morgan fingerprint density at radius 2 is 1.83 bits per heavy atom. The van der Waals surface area contributed by atoms with E-state index >= 15 is 0 Å². The zero-order valence-electron chi connectivity index (χ0n) is 17.3. The summed E-state index contributed by atoms with van der Waals surface area (Å²) >= 11 is 0. The van der Waals surface area contributed by atoms with Crippen molar-refractivity contribution in [3.05, 3.63) is 82.0 Å². The largest absolute Gasteiger partial charge is 0.342 e. The Labute approximate surface area is 176 Å². The van der Waals surface area contributed by atoms with E-state index in [0.29, 0.717) is 30.3 Å². The number of aromatic nitrogens is 3. The van der Waals surface area contributed by atoms with E-state index in [1.807, 2.05) is 61.2 Å². The molecule has 1 saturated heterocycles. The summed E-state index contributed by atoms with van der Waals surface area (Å²) in [6.07, 6.45) is 3.25. The van der Waals surface area contributed by atoms with E-state index in [0.717, 1.165) is 18.4 Å². The smallest absolute Gasteiger partial charge is 0.251 e. The molecule has 0 saturated carbocycles. The van der Waals surface area contributed by atoms with Crippen LogP contribution in [-0.2, 0) is 4.79 Å². The van der Waals surface area contributed by atoms with Crippen LogP contribution in [0.15, 0.2) is 59.5 Å². The highest BCUT2D eigenvalue weighted by Gasteiger charge is 2.28. The number of likely N-dealkylation sites (tertiary alicyclic amines) is 1. The number of carbonyl (C=O) groups excluding carboxylic acids is 1. The van der Waals surface area contributed by atoms with Gasteiger partial charge in [-0.15, -0.1) is 0 Å². The fraction of sp³-hybridized carbons (Fsp3) is 0.333. The average molecular weight is 402 g/mol. The molecule has 3 heterocycles. The van der Waals surface area contributed by atoms with Gasteiger partial charge in [-0.2, -0.15) is 0 Å².